The third kappa shape index (κ3) is 4.64. The molecule has 23 heavy (non-hydrogen) atoms. The number of methoxy groups -OCH3 is 1. The summed E-state index contributed by atoms with van der Waals surface area (Å²) >= 11 is 0. The van der Waals surface area contributed by atoms with Gasteiger partial charge in [0.25, 0.3) is 0 Å². The predicted molar refractivity (Wildman–Crippen MR) is 97.7 cm³/mol. The van der Waals surface area contributed by atoms with E-state index in [2.05, 4.69) is 33.9 Å². The summed E-state index contributed by atoms with van der Waals surface area (Å²) in [5.74, 6) is 2.03. The standard InChI is InChI=1S/C18H31NO3Si/c1-18(2,3)23(5,6)22-17(13-7-8-13)12-21-15-10-9-14(19)11-16(15)20-4/h9-11,13,17H,7-8,12,19H2,1-6H3. The molecule has 5 heteroatoms. The molecule has 1 aromatic carbocycles. The van der Waals surface area contributed by atoms with Gasteiger partial charge in [-0.1, -0.05) is 20.8 Å². The van der Waals surface area contributed by atoms with Crippen LogP contribution in [0.25, 0.3) is 0 Å². The zero-order valence-electron chi connectivity index (χ0n) is 15.3. The van der Waals surface area contributed by atoms with E-state index in [0.717, 1.165) is 5.75 Å². The van der Waals surface area contributed by atoms with Crippen molar-refractivity contribution >= 4 is 14.0 Å². The number of nitrogens with two attached hydrogens (primary N) is 1. The molecule has 0 aliphatic heterocycles. The first kappa shape index (κ1) is 18.1. The quantitative estimate of drug-likeness (QED) is 0.589. The van der Waals surface area contributed by atoms with Crippen LogP contribution in [0.15, 0.2) is 18.2 Å². The summed E-state index contributed by atoms with van der Waals surface area (Å²) in [6.07, 6.45) is 2.64. The number of hydrogen-bond donors (Lipinski definition) is 1. The minimum atomic E-state index is -1.79. The molecule has 4 nitrogen and oxygen atoms in total. The largest absolute Gasteiger partial charge is 0.493 e. The van der Waals surface area contributed by atoms with Crippen molar-refractivity contribution in [2.45, 2.75) is 57.8 Å². The van der Waals surface area contributed by atoms with Crippen LogP contribution in [-0.2, 0) is 4.43 Å². The maximum Gasteiger partial charge on any atom is 0.192 e. The number of benzene rings is 1. The highest BCUT2D eigenvalue weighted by Gasteiger charge is 2.43. The Balaban J connectivity index is 2.04. The van der Waals surface area contributed by atoms with E-state index in [4.69, 9.17) is 19.6 Å². The fourth-order valence-electron chi connectivity index (χ4n) is 2.26. The molecule has 0 spiro atoms. The average Bonchev–Trinajstić information content (AvgIpc) is 3.27. The summed E-state index contributed by atoms with van der Waals surface area (Å²) in [6, 6.07) is 5.49. The van der Waals surface area contributed by atoms with E-state index in [1.165, 1.54) is 12.8 Å². The molecule has 1 fully saturated rings. The SMILES string of the molecule is COc1cc(N)ccc1OCC(O[Si](C)(C)C(C)(C)C)C1CC1. The lowest BCUT2D eigenvalue weighted by Crippen LogP contribution is -2.46. The van der Waals surface area contributed by atoms with Gasteiger partial charge in [-0.3, -0.25) is 0 Å². The zero-order valence-corrected chi connectivity index (χ0v) is 16.3. The van der Waals surface area contributed by atoms with Gasteiger partial charge in [-0.05, 0) is 49.0 Å². The van der Waals surface area contributed by atoms with Crippen molar-refractivity contribution in [3.05, 3.63) is 18.2 Å². The van der Waals surface area contributed by atoms with Crippen molar-refractivity contribution in [2.24, 2.45) is 5.92 Å². The molecule has 0 heterocycles. The van der Waals surface area contributed by atoms with Crippen LogP contribution < -0.4 is 15.2 Å². The third-order valence-corrected chi connectivity index (χ3v) is 9.50. The van der Waals surface area contributed by atoms with Crippen LogP contribution in [-0.4, -0.2) is 28.1 Å². The first-order valence-corrected chi connectivity index (χ1v) is 11.3. The smallest absolute Gasteiger partial charge is 0.192 e. The van der Waals surface area contributed by atoms with Crippen LogP contribution in [0.2, 0.25) is 18.1 Å². The molecule has 130 valence electrons. The zero-order chi connectivity index (χ0) is 17.3. The van der Waals surface area contributed by atoms with Gasteiger partial charge in [0.15, 0.2) is 19.8 Å². The molecule has 2 rings (SSSR count). The van der Waals surface area contributed by atoms with Crippen molar-refractivity contribution in [3.63, 3.8) is 0 Å². The lowest BCUT2D eigenvalue weighted by molar-refractivity contribution is 0.0959. The summed E-state index contributed by atoms with van der Waals surface area (Å²) in [6.45, 7) is 12.0. The topological polar surface area (TPSA) is 53.7 Å². The van der Waals surface area contributed by atoms with Crippen molar-refractivity contribution in [2.75, 3.05) is 19.5 Å². The van der Waals surface area contributed by atoms with Gasteiger partial charge in [0.1, 0.15) is 6.61 Å². The molecule has 0 bridgehead atoms. The Morgan fingerprint density at radius 3 is 2.39 bits per heavy atom. The molecule has 0 saturated heterocycles. The van der Waals surface area contributed by atoms with Crippen molar-refractivity contribution in [1.29, 1.82) is 0 Å². The van der Waals surface area contributed by atoms with Gasteiger partial charge in [0, 0.05) is 11.8 Å². The highest BCUT2D eigenvalue weighted by atomic mass is 28.4. The maximum absolute atomic E-state index is 6.59. The van der Waals surface area contributed by atoms with Gasteiger partial charge in [-0.15, -0.1) is 0 Å². The highest BCUT2D eigenvalue weighted by Crippen LogP contribution is 2.42. The number of rotatable bonds is 7. The monoisotopic (exact) mass is 337 g/mol. The van der Waals surface area contributed by atoms with E-state index in [1.54, 1.807) is 13.2 Å². The van der Waals surface area contributed by atoms with Gasteiger partial charge >= 0.3 is 0 Å². The highest BCUT2D eigenvalue weighted by molar-refractivity contribution is 6.74. The van der Waals surface area contributed by atoms with Crippen LogP contribution >= 0.6 is 0 Å². The Bertz CT molecular complexity index is 536. The predicted octanol–water partition coefficient (Wildman–Crippen LogP) is 4.46. The van der Waals surface area contributed by atoms with Gasteiger partial charge in [0.05, 0.1) is 13.2 Å². The Labute approximate surface area is 141 Å². The second-order valence-corrected chi connectivity index (χ2v) is 12.7. The van der Waals surface area contributed by atoms with Gasteiger partial charge in [0.2, 0.25) is 0 Å². The molecule has 1 aliphatic rings. The van der Waals surface area contributed by atoms with Crippen LogP contribution in [0.4, 0.5) is 5.69 Å². The molecule has 1 aromatic rings. The summed E-state index contributed by atoms with van der Waals surface area (Å²) < 4.78 is 18.0. The van der Waals surface area contributed by atoms with Crippen LogP contribution in [0.3, 0.4) is 0 Å². The van der Waals surface area contributed by atoms with E-state index < -0.39 is 8.32 Å². The fraction of sp³-hybridized carbons (Fsp3) is 0.667. The third-order valence-electron chi connectivity index (χ3n) is 4.99. The molecule has 2 N–H and O–H groups in total. The molecule has 0 radical (unpaired) electrons. The van der Waals surface area contributed by atoms with E-state index in [-0.39, 0.29) is 11.1 Å². The Morgan fingerprint density at radius 1 is 1.22 bits per heavy atom. The van der Waals surface area contributed by atoms with E-state index in [9.17, 15) is 0 Å². The fourth-order valence-corrected chi connectivity index (χ4v) is 3.64. The van der Waals surface area contributed by atoms with Crippen molar-refractivity contribution < 1.29 is 13.9 Å². The van der Waals surface area contributed by atoms with Gasteiger partial charge in [-0.25, -0.2) is 0 Å². The van der Waals surface area contributed by atoms with E-state index >= 15 is 0 Å². The molecule has 1 unspecified atom stereocenters. The van der Waals surface area contributed by atoms with Crippen LogP contribution in [0.1, 0.15) is 33.6 Å². The molecule has 1 atom stereocenters. The molecule has 1 saturated carbocycles. The first-order chi connectivity index (χ1) is 10.6. The van der Waals surface area contributed by atoms with E-state index in [1.807, 2.05) is 12.1 Å². The summed E-state index contributed by atoms with van der Waals surface area (Å²) in [5, 5.41) is 0.207. The second-order valence-electron chi connectivity index (χ2n) is 7.98. The van der Waals surface area contributed by atoms with E-state index in [0.29, 0.717) is 24.0 Å². The number of ether oxygens (including phenoxy) is 2. The molecular weight excluding hydrogens is 306 g/mol. The minimum Gasteiger partial charge on any atom is -0.493 e. The Morgan fingerprint density at radius 2 is 1.87 bits per heavy atom. The van der Waals surface area contributed by atoms with Gasteiger partial charge in [-0.2, -0.15) is 0 Å². The van der Waals surface area contributed by atoms with Crippen LogP contribution in [0.5, 0.6) is 11.5 Å². The molecule has 0 aromatic heterocycles. The number of anilines is 1. The van der Waals surface area contributed by atoms with Crippen molar-refractivity contribution in [1.82, 2.24) is 0 Å². The molecule has 0 amide bonds. The normalized spacial score (nSPS) is 17.0. The minimum absolute atomic E-state index is 0.165. The summed E-state index contributed by atoms with van der Waals surface area (Å²) in [4.78, 5) is 0. The second kappa shape index (κ2) is 6.73. The number of hydrogen-bond acceptors (Lipinski definition) is 4. The maximum atomic E-state index is 6.59. The Kier molecular flexibility index (Phi) is 5.31. The first-order valence-electron chi connectivity index (χ1n) is 8.38. The van der Waals surface area contributed by atoms with Crippen molar-refractivity contribution in [3.8, 4) is 11.5 Å². The average molecular weight is 338 g/mol. The Hall–Kier alpha value is -1.20. The lowest BCUT2D eigenvalue weighted by atomic mass is 10.2. The number of nitrogen functional groups attached to an aromatic ring is 1. The lowest BCUT2D eigenvalue weighted by Gasteiger charge is -2.39. The van der Waals surface area contributed by atoms with Gasteiger partial charge < -0.3 is 19.6 Å². The van der Waals surface area contributed by atoms with Crippen LogP contribution in [0, 0.1) is 5.92 Å². The molecule has 1 aliphatic carbocycles. The summed E-state index contributed by atoms with van der Waals surface area (Å²) in [5.41, 5.74) is 6.47. The molecular formula is C18H31NO3Si. The summed E-state index contributed by atoms with van der Waals surface area (Å²) in [7, 11) is -0.160.